The van der Waals surface area contributed by atoms with Crippen LogP contribution in [0, 0.1) is 29.1 Å². The maximum absolute atomic E-state index is 9.30. The molecule has 1 aliphatic carbocycles. The van der Waals surface area contributed by atoms with E-state index in [4.69, 9.17) is 5.26 Å². The van der Waals surface area contributed by atoms with Crippen molar-refractivity contribution >= 4 is 0 Å². The summed E-state index contributed by atoms with van der Waals surface area (Å²) in [6, 6.07) is 10.2. The van der Waals surface area contributed by atoms with Crippen LogP contribution < -0.4 is 5.32 Å². The first-order valence-electron chi connectivity index (χ1n) is 7.70. The Bertz CT molecular complexity index is 584. The number of aliphatic hydroxyl groups is 1. The van der Waals surface area contributed by atoms with E-state index in [1.807, 2.05) is 24.3 Å². The molecule has 0 spiro atoms. The molecule has 2 N–H and O–H groups in total. The van der Waals surface area contributed by atoms with Crippen molar-refractivity contribution in [2.24, 2.45) is 5.92 Å². The van der Waals surface area contributed by atoms with Gasteiger partial charge in [-0.3, -0.25) is 5.32 Å². The normalized spacial score (nSPS) is 28.3. The molecule has 3 atom stereocenters. The lowest BCUT2D eigenvalue weighted by Gasteiger charge is -2.41. The first kappa shape index (κ1) is 14.1. The third kappa shape index (κ3) is 2.95. The number of rotatable bonds is 2. The zero-order valence-electron chi connectivity index (χ0n) is 12.0. The molecule has 21 heavy (non-hydrogen) atoms. The number of benzene rings is 1. The molecule has 3 heteroatoms. The van der Waals surface area contributed by atoms with Gasteiger partial charge in [0.2, 0.25) is 0 Å². The summed E-state index contributed by atoms with van der Waals surface area (Å²) >= 11 is 0. The van der Waals surface area contributed by atoms with Crippen LogP contribution in [-0.4, -0.2) is 23.8 Å². The SMILES string of the molecule is N#C[C@@H]1N[C@@H](CO)[C@H]1c1ccc(C#CC2CCCC2)cc1. The molecule has 1 aromatic rings. The third-order valence-electron chi connectivity index (χ3n) is 4.59. The summed E-state index contributed by atoms with van der Waals surface area (Å²) in [5, 5.41) is 21.4. The minimum absolute atomic E-state index is 0.00919. The van der Waals surface area contributed by atoms with Gasteiger partial charge in [-0.15, -0.1) is 0 Å². The zero-order chi connectivity index (χ0) is 14.7. The predicted molar refractivity (Wildman–Crippen MR) is 81.4 cm³/mol. The van der Waals surface area contributed by atoms with Crippen molar-refractivity contribution in [2.75, 3.05) is 6.61 Å². The van der Waals surface area contributed by atoms with Crippen LogP contribution in [0.4, 0.5) is 0 Å². The molecule has 2 aliphatic rings. The van der Waals surface area contributed by atoms with Crippen LogP contribution in [0.25, 0.3) is 0 Å². The largest absolute Gasteiger partial charge is 0.395 e. The highest BCUT2D eigenvalue weighted by Crippen LogP contribution is 2.31. The molecule has 3 nitrogen and oxygen atoms in total. The second-order valence-corrected chi connectivity index (χ2v) is 5.96. The summed E-state index contributed by atoms with van der Waals surface area (Å²) in [4.78, 5) is 0. The second kappa shape index (κ2) is 6.31. The van der Waals surface area contributed by atoms with E-state index in [1.54, 1.807) is 0 Å². The Morgan fingerprint density at radius 2 is 1.90 bits per heavy atom. The molecule has 1 saturated heterocycles. The number of nitrogens with one attached hydrogen (secondary N) is 1. The molecule has 1 aliphatic heterocycles. The minimum atomic E-state index is -0.197. The van der Waals surface area contributed by atoms with Crippen LogP contribution >= 0.6 is 0 Å². The molecule has 0 unspecified atom stereocenters. The predicted octanol–water partition coefficient (Wildman–Crippen LogP) is 2.17. The highest BCUT2D eigenvalue weighted by atomic mass is 16.3. The first-order valence-corrected chi connectivity index (χ1v) is 7.70. The van der Waals surface area contributed by atoms with Gasteiger partial charge >= 0.3 is 0 Å². The van der Waals surface area contributed by atoms with Crippen molar-refractivity contribution in [3.63, 3.8) is 0 Å². The van der Waals surface area contributed by atoms with Gasteiger partial charge in [-0.25, -0.2) is 0 Å². The Morgan fingerprint density at radius 3 is 2.52 bits per heavy atom. The van der Waals surface area contributed by atoms with E-state index >= 15 is 0 Å². The number of nitrogens with zero attached hydrogens (tertiary/aromatic N) is 1. The molecule has 0 bridgehead atoms. The summed E-state index contributed by atoms with van der Waals surface area (Å²) < 4.78 is 0. The standard InChI is InChI=1S/C18H20N2O/c19-11-16-18(17(12-21)20-16)15-9-7-14(8-10-15)6-5-13-3-1-2-4-13/h7-10,13,16-18,20-21H,1-4,12H2/t16-,17-,18-/m0/s1. The summed E-state index contributed by atoms with van der Waals surface area (Å²) in [5.74, 6) is 7.27. The smallest absolute Gasteiger partial charge is 0.104 e. The van der Waals surface area contributed by atoms with E-state index < -0.39 is 0 Å². The monoisotopic (exact) mass is 280 g/mol. The average Bonchev–Trinajstić information content (AvgIpc) is 3.00. The molecular formula is C18H20N2O. The van der Waals surface area contributed by atoms with Crippen LogP contribution in [0.5, 0.6) is 0 Å². The van der Waals surface area contributed by atoms with Gasteiger partial charge in [0.15, 0.2) is 0 Å². The minimum Gasteiger partial charge on any atom is -0.395 e. The fourth-order valence-electron chi connectivity index (χ4n) is 3.30. The average molecular weight is 280 g/mol. The highest BCUT2D eigenvalue weighted by molar-refractivity contribution is 5.40. The van der Waals surface area contributed by atoms with Crippen LogP contribution in [-0.2, 0) is 0 Å². The van der Waals surface area contributed by atoms with Gasteiger partial charge in [0.05, 0.1) is 12.7 Å². The Balaban J connectivity index is 1.70. The molecule has 0 radical (unpaired) electrons. The van der Waals surface area contributed by atoms with E-state index in [0.29, 0.717) is 5.92 Å². The van der Waals surface area contributed by atoms with Crippen LogP contribution in [0.2, 0.25) is 0 Å². The summed E-state index contributed by atoms with van der Waals surface area (Å²) in [5.41, 5.74) is 2.14. The van der Waals surface area contributed by atoms with E-state index in [0.717, 1.165) is 11.1 Å². The van der Waals surface area contributed by atoms with Gasteiger partial charge in [-0.05, 0) is 30.5 Å². The van der Waals surface area contributed by atoms with Crippen molar-refractivity contribution in [2.45, 2.75) is 43.7 Å². The van der Waals surface area contributed by atoms with E-state index in [1.165, 1.54) is 25.7 Å². The molecule has 3 rings (SSSR count). The second-order valence-electron chi connectivity index (χ2n) is 5.96. The van der Waals surface area contributed by atoms with Gasteiger partial charge in [0, 0.05) is 23.4 Å². The lowest BCUT2D eigenvalue weighted by atomic mass is 9.78. The number of hydrogen-bond donors (Lipinski definition) is 2. The molecule has 1 saturated carbocycles. The quantitative estimate of drug-likeness (QED) is 0.816. The highest BCUT2D eigenvalue weighted by Gasteiger charge is 2.40. The van der Waals surface area contributed by atoms with Crippen molar-refractivity contribution in [3.8, 4) is 17.9 Å². The van der Waals surface area contributed by atoms with Crippen LogP contribution in [0.1, 0.15) is 42.7 Å². The molecule has 2 fully saturated rings. The first-order chi connectivity index (χ1) is 10.3. The Hall–Kier alpha value is -1.81. The summed E-state index contributed by atoms with van der Waals surface area (Å²) in [6.45, 7) is 0.0616. The van der Waals surface area contributed by atoms with Crippen molar-refractivity contribution in [3.05, 3.63) is 35.4 Å². The number of aliphatic hydroxyl groups excluding tert-OH is 1. The summed E-state index contributed by atoms with van der Waals surface area (Å²) in [6.07, 6.45) is 5.10. The zero-order valence-corrected chi connectivity index (χ0v) is 12.0. The van der Waals surface area contributed by atoms with Gasteiger partial charge in [-0.1, -0.05) is 36.8 Å². The Labute approximate surface area is 126 Å². The topological polar surface area (TPSA) is 56.0 Å². The lowest BCUT2D eigenvalue weighted by molar-refractivity contribution is 0.151. The fourth-order valence-corrected chi connectivity index (χ4v) is 3.30. The summed E-state index contributed by atoms with van der Waals surface area (Å²) in [7, 11) is 0. The van der Waals surface area contributed by atoms with Gasteiger partial charge in [0.1, 0.15) is 6.04 Å². The Kier molecular flexibility index (Phi) is 4.25. The van der Waals surface area contributed by atoms with Crippen molar-refractivity contribution in [1.82, 2.24) is 5.32 Å². The lowest BCUT2D eigenvalue weighted by Crippen LogP contribution is -2.60. The maximum Gasteiger partial charge on any atom is 0.104 e. The van der Waals surface area contributed by atoms with Crippen LogP contribution in [0.3, 0.4) is 0 Å². The van der Waals surface area contributed by atoms with E-state index in [2.05, 4.69) is 23.2 Å². The van der Waals surface area contributed by atoms with Crippen molar-refractivity contribution in [1.29, 1.82) is 5.26 Å². The van der Waals surface area contributed by atoms with Gasteiger partial charge < -0.3 is 5.11 Å². The molecule has 1 heterocycles. The molecule has 0 amide bonds. The van der Waals surface area contributed by atoms with E-state index in [-0.39, 0.29) is 24.6 Å². The van der Waals surface area contributed by atoms with Crippen LogP contribution in [0.15, 0.2) is 24.3 Å². The van der Waals surface area contributed by atoms with E-state index in [9.17, 15) is 5.11 Å². The number of hydrogen-bond acceptors (Lipinski definition) is 3. The van der Waals surface area contributed by atoms with Crippen molar-refractivity contribution < 1.29 is 5.11 Å². The number of nitriles is 1. The Morgan fingerprint density at radius 1 is 1.19 bits per heavy atom. The molecule has 1 aromatic carbocycles. The molecule has 0 aromatic heterocycles. The van der Waals surface area contributed by atoms with Gasteiger partial charge in [0.25, 0.3) is 0 Å². The molecular weight excluding hydrogens is 260 g/mol. The van der Waals surface area contributed by atoms with Gasteiger partial charge in [-0.2, -0.15) is 5.26 Å². The maximum atomic E-state index is 9.30. The fraction of sp³-hybridized carbons (Fsp3) is 0.500. The molecule has 108 valence electrons. The third-order valence-corrected chi connectivity index (χ3v) is 4.59.